The summed E-state index contributed by atoms with van der Waals surface area (Å²) in [5, 5.41) is 13.9. The first-order chi connectivity index (χ1) is 9.75. The van der Waals surface area contributed by atoms with E-state index in [4.69, 9.17) is 9.57 Å². The average molecular weight is 279 g/mol. The van der Waals surface area contributed by atoms with Crippen LogP contribution in [0.4, 0.5) is 0 Å². The van der Waals surface area contributed by atoms with Gasteiger partial charge in [-0.1, -0.05) is 5.16 Å². The van der Waals surface area contributed by atoms with Crippen LogP contribution >= 0.6 is 0 Å². The molecule has 1 saturated heterocycles. The Bertz CT molecular complexity index is 419. The number of β-amino-alcohol motifs (C(OH)–C–C–N with tert-alkyl or cyclic N) is 1. The first-order valence-corrected chi connectivity index (χ1v) is 6.81. The van der Waals surface area contributed by atoms with Gasteiger partial charge in [0.15, 0.2) is 0 Å². The van der Waals surface area contributed by atoms with Crippen molar-refractivity contribution >= 4 is 5.71 Å². The van der Waals surface area contributed by atoms with Crippen molar-refractivity contribution in [3.63, 3.8) is 0 Å². The van der Waals surface area contributed by atoms with E-state index in [2.05, 4.69) is 15.0 Å². The zero-order valence-electron chi connectivity index (χ0n) is 11.7. The van der Waals surface area contributed by atoms with Crippen LogP contribution in [0, 0.1) is 0 Å². The minimum absolute atomic E-state index is 0.189. The maximum atomic E-state index is 9.90. The molecule has 2 heterocycles. The smallest absolute Gasteiger partial charge is 0.144 e. The van der Waals surface area contributed by atoms with Crippen LogP contribution in [-0.2, 0) is 9.57 Å². The van der Waals surface area contributed by atoms with Crippen molar-refractivity contribution in [3.05, 3.63) is 30.1 Å². The Morgan fingerprint density at radius 1 is 1.55 bits per heavy atom. The molecule has 1 atom stereocenters. The molecule has 6 nitrogen and oxygen atoms in total. The molecule has 0 spiro atoms. The highest BCUT2D eigenvalue weighted by molar-refractivity contribution is 5.97. The van der Waals surface area contributed by atoms with Gasteiger partial charge in [-0.15, -0.1) is 0 Å². The van der Waals surface area contributed by atoms with Crippen molar-refractivity contribution in [2.45, 2.75) is 13.0 Å². The summed E-state index contributed by atoms with van der Waals surface area (Å²) in [4.78, 5) is 11.4. The number of pyridine rings is 1. The van der Waals surface area contributed by atoms with Crippen LogP contribution in [0.3, 0.4) is 0 Å². The number of morpholine rings is 1. The van der Waals surface area contributed by atoms with Gasteiger partial charge in [-0.25, -0.2) is 0 Å². The quantitative estimate of drug-likeness (QED) is 0.607. The minimum Gasteiger partial charge on any atom is -0.393 e. The van der Waals surface area contributed by atoms with Crippen molar-refractivity contribution in [2.24, 2.45) is 5.16 Å². The third kappa shape index (κ3) is 4.88. The first-order valence-electron chi connectivity index (χ1n) is 6.81. The van der Waals surface area contributed by atoms with Gasteiger partial charge in [0, 0.05) is 37.6 Å². The highest BCUT2D eigenvalue weighted by Gasteiger charge is 2.15. The Kier molecular flexibility index (Phi) is 5.91. The zero-order valence-corrected chi connectivity index (χ0v) is 11.7. The number of hydrogen-bond acceptors (Lipinski definition) is 6. The van der Waals surface area contributed by atoms with Gasteiger partial charge in [0.05, 0.1) is 18.9 Å². The Hall–Kier alpha value is -1.50. The summed E-state index contributed by atoms with van der Waals surface area (Å²) in [6.07, 6.45) is 2.90. The van der Waals surface area contributed by atoms with Crippen LogP contribution in [-0.4, -0.2) is 66.3 Å². The molecule has 1 aliphatic heterocycles. The van der Waals surface area contributed by atoms with Crippen molar-refractivity contribution in [1.82, 2.24) is 9.88 Å². The fourth-order valence-electron chi connectivity index (χ4n) is 1.98. The van der Waals surface area contributed by atoms with Crippen LogP contribution in [0.5, 0.6) is 0 Å². The molecule has 110 valence electrons. The Morgan fingerprint density at radius 3 is 3.05 bits per heavy atom. The monoisotopic (exact) mass is 279 g/mol. The number of hydrogen-bond donors (Lipinski definition) is 1. The molecule has 0 aromatic carbocycles. The second kappa shape index (κ2) is 7.94. The molecule has 1 fully saturated rings. The van der Waals surface area contributed by atoms with Crippen LogP contribution < -0.4 is 0 Å². The van der Waals surface area contributed by atoms with E-state index < -0.39 is 6.10 Å². The van der Waals surface area contributed by atoms with E-state index >= 15 is 0 Å². The summed E-state index contributed by atoms with van der Waals surface area (Å²) in [7, 11) is 0. The molecule has 1 aliphatic rings. The van der Waals surface area contributed by atoms with Gasteiger partial charge in [-0.3, -0.25) is 9.88 Å². The summed E-state index contributed by atoms with van der Waals surface area (Å²) in [6, 6.07) is 3.76. The summed E-state index contributed by atoms with van der Waals surface area (Å²) in [6.45, 7) is 5.80. The van der Waals surface area contributed by atoms with E-state index in [0.29, 0.717) is 6.54 Å². The standard InChI is InChI=1S/C14H21N3O3/c1-12(13-3-2-4-15-9-13)16-20-11-14(18)10-17-5-7-19-8-6-17/h2-4,9,14,18H,5-8,10-11H2,1H3/b16-12+. The van der Waals surface area contributed by atoms with E-state index in [1.54, 1.807) is 12.4 Å². The maximum Gasteiger partial charge on any atom is 0.144 e. The number of aliphatic hydroxyl groups excluding tert-OH is 1. The van der Waals surface area contributed by atoms with Gasteiger partial charge in [0.2, 0.25) is 0 Å². The van der Waals surface area contributed by atoms with Gasteiger partial charge in [-0.2, -0.15) is 0 Å². The lowest BCUT2D eigenvalue weighted by molar-refractivity contribution is -0.0131. The topological polar surface area (TPSA) is 67.2 Å². The van der Waals surface area contributed by atoms with Gasteiger partial charge in [-0.05, 0) is 19.1 Å². The second-order valence-electron chi connectivity index (χ2n) is 4.78. The second-order valence-corrected chi connectivity index (χ2v) is 4.78. The van der Waals surface area contributed by atoms with Gasteiger partial charge >= 0.3 is 0 Å². The number of aliphatic hydroxyl groups is 1. The molecule has 0 bridgehead atoms. The Morgan fingerprint density at radius 2 is 2.35 bits per heavy atom. The number of ether oxygens (including phenoxy) is 1. The fourth-order valence-corrected chi connectivity index (χ4v) is 1.98. The lowest BCUT2D eigenvalue weighted by atomic mass is 10.2. The van der Waals surface area contributed by atoms with Crippen molar-refractivity contribution in [3.8, 4) is 0 Å². The largest absolute Gasteiger partial charge is 0.393 e. The molecule has 0 aliphatic carbocycles. The van der Waals surface area contributed by atoms with Crippen molar-refractivity contribution in [1.29, 1.82) is 0 Å². The van der Waals surface area contributed by atoms with Crippen LogP contribution in [0.2, 0.25) is 0 Å². The molecule has 1 aromatic heterocycles. The molecule has 1 aromatic rings. The number of aromatic nitrogens is 1. The van der Waals surface area contributed by atoms with E-state index in [1.807, 2.05) is 19.1 Å². The van der Waals surface area contributed by atoms with Crippen LogP contribution in [0.15, 0.2) is 29.7 Å². The highest BCUT2D eigenvalue weighted by atomic mass is 16.6. The van der Waals surface area contributed by atoms with Gasteiger partial charge in [0.1, 0.15) is 12.7 Å². The summed E-state index contributed by atoms with van der Waals surface area (Å²) in [5.74, 6) is 0. The number of oxime groups is 1. The van der Waals surface area contributed by atoms with E-state index in [1.165, 1.54) is 0 Å². The van der Waals surface area contributed by atoms with Gasteiger partial charge in [0.25, 0.3) is 0 Å². The number of rotatable bonds is 6. The van der Waals surface area contributed by atoms with Crippen LogP contribution in [0.25, 0.3) is 0 Å². The van der Waals surface area contributed by atoms with E-state index in [-0.39, 0.29) is 6.61 Å². The summed E-state index contributed by atoms with van der Waals surface area (Å²) in [5.41, 5.74) is 1.66. The zero-order chi connectivity index (χ0) is 14.2. The van der Waals surface area contributed by atoms with E-state index in [9.17, 15) is 5.11 Å². The molecule has 6 heteroatoms. The van der Waals surface area contributed by atoms with Crippen LogP contribution in [0.1, 0.15) is 12.5 Å². The molecular weight excluding hydrogens is 258 g/mol. The fraction of sp³-hybridized carbons (Fsp3) is 0.571. The molecular formula is C14H21N3O3. The predicted octanol–water partition coefficient (Wildman–Crippen LogP) is 0.515. The van der Waals surface area contributed by atoms with Crippen molar-refractivity contribution < 1.29 is 14.7 Å². The molecule has 0 amide bonds. The van der Waals surface area contributed by atoms with E-state index in [0.717, 1.165) is 37.6 Å². The lowest BCUT2D eigenvalue weighted by Crippen LogP contribution is -2.42. The molecule has 1 unspecified atom stereocenters. The summed E-state index contributed by atoms with van der Waals surface area (Å²) < 4.78 is 5.26. The molecule has 20 heavy (non-hydrogen) atoms. The Labute approximate surface area is 119 Å². The molecule has 0 saturated carbocycles. The third-order valence-corrected chi connectivity index (χ3v) is 3.12. The maximum absolute atomic E-state index is 9.90. The first kappa shape index (κ1) is 14.9. The minimum atomic E-state index is -0.543. The van der Waals surface area contributed by atoms with Gasteiger partial charge < -0.3 is 14.7 Å². The highest BCUT2D eigenvalue weighted by Crippen LogP contribution is 2.01. The Balaban J connectivity index is 1.71. The lowest BCUT2D eigenvalue weighted by Gasteiger charge is -2.28. The predicted molar refractivity (Wildman–Crippen MR) is 75.7 cm³/mol. The molecule has 0 radical (unpaired) electrons. The SMILES string of the molecule is C/C(=N\OCC(O)CN1CCOCC1)c1cccnc1. The van der Waals surface area contributed by atoms with Crippen molar-refractivity contribution in [2.75, 3.05) is 39.5 Å². The average Bonchev–Trinajstić information content (AvgIpc) is 2.49. The number of nitrogens with zero attached hydrogens (tertiary/aromatic N) is 3. The molecule has 1 N–H and O–H groups in total. The summed E-state index contributed by atoms with van der Waals surface area (Å²) >= 11 is 0. The third-order valence-electron chi connectivity index (χ3n) is 3.12. The molecule has 2 rings (SSSR count). The normalized spacial score (nSPS) is 18.8.